The van der Waals surface area contributed by atoms with E-state index in [2.05, 4.69) is 10.1 Å². The van der Waals surface area contributed by atoms with Gasteiger partial charge in [-0.25, -0.2) is 13.4 Å². The number of thiazole rings is 1. The van der Waals surface area contributed by atoms with Gasteiger partial charge in [0.25, 0.3) is 5.91 Å². The zero-order valence-electron chi connectivity index (χ0n) is 22.9. The molecule has 3 aromatic carbocycles. The number of rotatable bonds is 10. The van der Waals surface area contributed by atoms with Crippen LogP contribution in [0, 0.1) is 18.8 Å². The number of aromatic nitrogens is 1. The molecule has 39 heavy (non-hydrogen) atoms. The number of carbonyl (C=O) groups excluding carboxylic acids is 1. The van der Waals surface area contributed by atoms with E-state index in [1.807, 2.05) is 83.1 Å². The first-order valence-corrected chi connectivity index (χ1v) is 15.2. The van der Waals surface area contributed by atoms with Gasteiger partial charge in [0.1, 0.15) is 0 Å². The molecular weight excluding hydrogens is 528 g/mol. The zero-order valence-corrected chi connectivity index (χ0v) is 24.5. The fourth-order valence-electron chi connectivity index (χ4n) is 4.09. The van der Waals surface area contributed by atoms with Crippen LogP contribution >= 0.6 is 11.3 Å². The van der Waals surface area contributed by atoms with Crippen LogP contribution in [0.15, 0.2) is 82.8 Å². The number of anilines is 1. The number of benzene rings is 3. The minimum Gasteiger partial charge on any atom is -0.267 e. The highest BCUT2D eigenvalue weighted by molar-refractivity contribution is 7.89. The number of amides is 1. The summed E-state index contributed by atoms with van der Waals surface area (Å²) < 4.78 is 29.3. The molecule has 0 aliphatic heterocycles. The fourth-order valence-corrected chi connectivity index (χ4v) is 6.88. The molecule has 0 bridgehead atoms. The topological polar surface area (TPSA) is 82.9 Å². The van der Waals surface area contributed by atoms with Crippen LogP contribution in [0.1, 0.15) is 49.2 Å². The summed E-state index contributed by atoms with van der Waals surface area (Å²) in [7, 11) is -3.71. The molecule has 0 aliphatic carbocycles. The third kappa shape index (κ3) is 6.98. The predicted octanol–water partition coefficient (Wildman–Crippen LogP) is 6.59. The molecule has 1 aromatic heterocycles. The summed E-state index contributed by atoms with van der Waals surface area (Å²) in [5.41, 5.74) is 3.03. The van der Waals surface area contributed by atoms with Gasteiger partial charge in [-0.15, -0.1) is 0 Å². The number of carbonyl (C=O) groups is 1. The van der Waals surface area contributed by atoms with E-state index < -0.39 is 15.9 Å². The quantitative estimate of drug-likeness (QED) is 0.161. The van der Waals surface area contributed by atoms with Crippen LogP contribution in [-0.2, 0) is 10.0 Å². The second kappa shape index (κ2) is 12.2. The van der Waals surface area contributed by atoms with Crippen LogP contribution in [0.2, 0.25) is 0 Å². The summed E-state index contributed by atoms with van der Waals surface area (Å²) in [6.45, 7) is 10.9. The fraction of sp³-hybridized carbons (Fsp3) is 0.300. The molecule has 0 unspecified atom stereocenters. The van der Waals surface area contributed by atoms with Gasteiger partial charge in [0.2, 0.25) is 15.2 Å². The van der Waals surface area contributed by atoms with Crippen LogP contribution in [-0.4, -0.2) is 42.9 Å². The number of fused-ring (bicyclic) bond motifs is 1. The summed E-state index contributed by atoms with van der Waals surface area (Å²) in [6.07, 6.45) is 1.61. The Kier molecular flexibility index (Phi) is 8.94. The van der Waals surface area contributed by atoms with E-state index in [0.717, 1.165) is 21.3 Å². The maximum absolute atomic E-state index is 13.7. The Morgan fingerprint density at radius 2 is 1.59 bits per heavy atom. The summed E-state index contributed by atoms with van der Waals surface area (Å²) in [4.78, 5) is 18.5. The van der Waals surface area contributed by atoms with Crippen molar-refractivity contribution in [3.63, 3.8) is 0 Å². The Bertz CT molecular complexity index is 1550. The highest BCUT2D eigenvalue weighted by Gasteiger charge is 2.27. The summed E-state index contributed by atoms with van der Waals surface area (Å²) in [6, 6.07) is 21.5. The number of aryl methyl sites for hydroxylation is 1. The van der Waals surface area contributed by atoms with E-state index in [0.29, 0.717) is 23.8 Å². The van der Waals surface area contributed by atoms with Crippen molar-refractivity contribution in [3.05, 3.63) is 89.5 Å². The molecule has 0 radical (unpaired) electrons. The van der Waals surface area contributed by atoms with E-state index in [-0.39, 0.29) is 16.7 Å². The highest BCUT2D eigenvalue weighted by atomic mass is 32.2. The molecule has 9 heteroatoms. The lowest BCUT2D eigenvalue weighted by molar-refractivity contribution is 0.0987. The average molecular weight is 563 g/mol. The van der Waals surface area contributed by atoms with Crippen molar-refractivity contribution >= 4 is 48.8 Å². The van der Waals surface area contributed by atoms with E-state index in [1.54, 1.807) is 18.3 Å². The van der Waals surface area contributed by atoms with Gasteiger partial charge < -0.3 is 0 Å². The van der Waals surface area contributed by atoms with Crippen LogP contribution < -0.4 is 5.01 Å². The van der Waals surface area contributed by atoms with Gasteiger partial charge in [0, 0.05) is 18.7 Å². The van der Waals surface area contributed by atoms with Crippen LogP contribution in [0.4, 0.5) is 5.13 Å². The third-order valence-corrected chi connectivity index (χ3v) is 8.74. The number of nitrogens with zero attached hydrogens (tertiary/aromatic N) is 4. The highest BCUT2D eigenvalue weighted by Crippen LogP contribution is 2.31. The van der Waals surface area contributed by atoms with E-state index in [4.69, 9.17) is 0 Å². The molecule has 1 heterocycles. The van der Waals surface area contributed by atoms with Gasteiger partial charge in [-0.2, -0.15) is 14.4 Å². The van der Waals surface area contributed by atoms with Crippen molar-refractivity contribution in [2.75, 3.05) is 18.1 Å². The first kappa shape index (κ1) is 28.6. The number of hydrogen-bond donors (Lipinski definition) is 0. The second-order valence-electron chi connectivity index (χ2n) is 10.4. The Hall–Kier alpha value is -3.40. The monoisotopic (exact) mass is 562 g/mol. The SMILES string of the molecule is Cc1ccc2nc(N(/N=C/c3ccccc3)C(=O)c3ccc(S(=O)(=O)N(CC(C)C)CC(C)C)cc3)sc2c1. The molecule has 0 N–H and O–H groups in total. The van der Waals surface area contributed by atoms with Gasteiger partial charge in [0.15, 0.2) is 0 Å². The minimum atomic E-state index is -3.71. The molecule has 0 saturated carbocycles. The maximum Gasteiger partial charge on any atom is 0.280 e. The number of hydrogen-bond acceptors (Lipinski definition) is 6. The van der Waals surface area contributed by atoms with Gasteiger partial charge in [0.05, 0.1) is 21.3 Å². The largest absolute Gasteiger partial charge is 0.280 e. The second-order valence-corrected chi connectivity index (χ2v) is 13.3. The molecule has 0 saturated heterocycles. The van der Waals surface area contributed by atoms with Crippen molar-refractivity contribution in [2.24, 2.45) is 16.9 Å². The average Bonchev–Trinajstić information content (AvgIpc) is 3.31. The lowest BCUT2D eigenvalue weighted by Gasteiger charge is -2.25. The molecule has 0 fully saturated rings. The van der Waals surface area contributed by atoms with Crippen molar-refractivity contribution < 1.29 is 13.2 Å². The third-order valence-electron chi connectivity index (χ3n) is 5.90. The number of sulfonamides is 1. The van der Waals surface area contributed by atoms with E-state index in [9.17, 15) is 13.2 Å². The van der Waals surface area contributed by atoms with Gasteiger partial charge in [-0.05, 0) is 66.3 Å². The summed E-state index contributed by atoms with van der Waals surface area (Å²) >= 11 is 1.38. The predicted molar refractivity (Wildman–Crippen MR) is 160 cm³/mol. The normalized spacial score (nSPS) is 12.3. The number of hydrazone groups is 1. The standard InChI is InChI=1S/C30H34N4O3S2/c1-21(2)19-33(20-22(3)4)39(36,37)26-14-12-25(13-15-26)29(35)34(31-18-24-9-7-6-8-10-24)30-32-27-16-11-23(5)17-28(27)38-30/h6-18,21-22H,19-20H2,1-5H3/b31-18+. The van der Waals surface area contributed by atoms with Gasteiger partial charge in [-0.3, -0.25) is 4.79 Å². The molecule has 4 rings (SSSR count). The van der Waals surface area contributed by atoms with Gasteiger partial charge in [-0.1, -0.05) is 75.4 Å². The molecule has 7 nitrogen and oxygen atoms in total. The molecular formula is C30H34N4O3S2. The molecule has 1 amide bonds. The molecule has 0 aliphatic rings. The smallest absolute Gasteiger partial charge is 0.267 e. The van der Waals surface area contributed by atoms with Crippen molar-refractivity contribution in [1.29, 1.82) is 0 Å². The van der Waals surface area contributed by atoms with Crippen molar-refractivity contribution in [1.82, 2.24) is 9.29 Å². The molecule has 0 atom stereocenters. The van der Waals surface area contributed by atoms with Crippen LogP contribution in [0.25, 0.3) is 10.2 Å². The lowest BCUT2D eigenvalue weighted by atomic mass is 10.2. The minimum absolute atomic E-state index is 0.162. The summed E-state index contributed by atoms with van der Waals surface area (Å²) in [5, 5.41) is 6.22. The summed E-state index contributed by atoms with van der Waals surface area (Å²) in [5.74, 6) is -0.0239. The zero-order chi connectivity index (χ0) is 28.2. The van der Waals surface area contributed by atoms with E-state index in [1.165, 1.54) is 32.8 Å². The van der Waals surface area contributed by atoms with Crippen LogP contribution in [0.3, 0.4) is 0 Å². The Morgan fingerprint density at radius 1 is 0.949 bits per heavy atom. The lowest BCUT2D eigenvalue weighted by Crippen LogP contribution is -2.37. The van der Waals surface area contributed by atoms with E-state index >= 15 is 0 Å². The Labute approximate surface area is 234 Å². The first-order chi connectivity index (χ1) is 18.5. The first-order valence-electron chi connectivity index (χ1n) is 13.0. The van der Waals surface area contributed by atoms with Crippen molar-refractivity contribution in [3.8, 4) is 0 Å². The van der Waals surface area contributed by atoms with Crippen molar-refractivity contribution in [2.45, 2.75) is 39.5 Å². The van der Waals surface area contributed by atoms with Gasteiger partial charge >= 0.3 is 0 Å². The molecule has 204 valence electrons. The van der Waals surface area contributed by atoms with Crippen LogP contribution in [0.5, 0.6) is 0 Å². The Balaban J connectivity index is 1.68. The maximum atomic E-state index is 13.7. The Morgan fingerprint density at radius 3 is 2.21 bits per heavy atom. The molecule has 0 spiro atoms. The molecule has 4 aromatic rings.